The summed E-state index contributed by atoms with van der Waals surface area (Å²) in [5.41, 5.74) is 2.30. The van der Waals surface area contributed by atoms with E-state index in [2.05, 4.69) is 45.1 Å². The van der Waals surface area contributed by atoms with Gasteiger partial charge in [-0.05, 0) is 31.5 Å². The molecule has 130 valence electrons. The summed E-state index contributed by atoms with van der Waals surface area (Å²) in [7, 11) is 0. The number of benzene rings is 1. The van der Waals surface area contributed by atoms with Crippen molar-refractivity contribution in [2.45, 2.75) is 38.6 Å². The number of nitrogens with zero attached hydrogens (tertiary/aromatic N) is 4. The number of imidazole rings is 1. The van der Waals surface area contributed by atoms with E-state index in [0.29, 0.717) is 0 Å². The van der Waals surface area contributed by atoms with Crippen LogP contribution in [0.5, 0.6) is 0 Å². The fourth-order valence-electron chi connectivity index (χ4n) is 3.42. The minimum atomic E-state index is -0.0480. The van der Waals surface area contributed by atoms with E-state index in [1.807, 2.05) is 41.5 Å². The van der Waals surface area contributed by atoms with E-state index in [9.17, 15) is 0 Å². The molecule has 2 aromatic heterocycles. The topological polar surface area (TPSA) is 56.9 Å². The Kier molecular flexibility index (Phi) is 4.63. The number of ether oxygens (including phenoxy) is 1. The van der Waals surface area contributed by atoms with Crippen LogP contribution in [-0.2, 0) is 17.8 Å². The quantitative estimate of drug-likeness (QED) is 0.751. The first-order chi connectivity index (χ1) is 12.4. The molecule has 1 aliphatic rings. The van der Waals surface area contributed by atoms with Crippen LogP contribution in [0.4, 0.5) is 0 Å². The number of nitrogens with one attached hydrogen (secondary N) is 1. The zero-order chi connectivity index (χ0) is 17.1. The van der Waals surface area contributed by atoms with Crippen LogP contribution in [0.2, 0.25) is 0 Å². The zero-order valence-corrected chi connectivity index (χ0v) is 14.4. The molecule has 0 spiro atoms. The molecule has 0 bridgehead atoms. The van der Waals surface area contributed by atoms with Gasteiger partial charge in [-0.15, -0.1) is 0 Å². The van der Waals surface area contributed by atoms with Gasteiger partial charge in [-0.3, -0.25) is 4.68 Å². The van der Waals surface area contributed by atoms with Gasteiger partial charge in [-0.2, -0.15) is 5.10 Å². The van der Waals surface area contributed by atoms with E-state index in [1.54, 1.807) is 0 Å². The Morgan fingerprint density at radius 3 is 2.92 bits per heavy atom. The maximum Gasteiger partial charge on any atom is 0.144 e. The van der Waals surface area contributed by atoms with Crippen LogP contribution < -0.4 is 5.32 Å². The van der Waals surface area contributed by atoms with Gasteiger partial charge >= 0.3 is 0 Å². The van der Waals surface area contributed by atoms with Gasteiger partial charge in [0, 0.05) is 50.0 Å². The summed E-state index contributed by atoms with van der Waals surface area (Å²) in [5.74, 6) is 0.949. The molecule has 0 aliphatic carbocycles. The van der Waals surface area contributed by atoms with Crippen molar-refractivity contribution in [3.8, 4) is 5.69 Å². The smallest absolute Gasteiger partial charge is 0.144 e. The first-order valence-corrected chi connectivity index (χ1v) is 8.81. The number of aryl methyl sites for hydroxylation is 1. The first kappa shape index (κ1) is 16.1. The lowest BCUT2D eigenvalue weighted by Crippen LogP contribution is -2.33. The summed E-state index contributed by atoms with van der Waals surface area (Å²) < 4.78 is 10.2. The minimum absolute atomic E-state index is 0.0480. The van der Waals surface area contributed by atoms with Crippen molar-refractivity contribution in [3.63, 3.8) is 0 Å². The standard InChI is InChI=1S/C19H23N5O/c1-2-24-16(8-10-22-24)14-21-17-9-13-25-18(17)19-20-11-12-23(19)15-6-4-3-5-7-15/h3-8,10-12,17-18,21H,2,9,13-14H2,1H3/t17-,18-/m0/s1. The van der Waals surface area contributed by atoms with Gasteiger partial charge in [0.1, 0.15) is 11.9 Å². The molecule has 1 fully saturated rings. The van der Waals surface area contributed by atoms with Crippen LogP contribution >= 0.6 is 0 Å². The van der Waals surface area contributed by atoms with Gasteiger partial charge in [0.25, 0.3) is 0 Å². The maximum atomic E-state index is 6.03. The summed E-state index contributed by atoms with van der Waals surface area (Å²) in [6.45, 7) is 4.52. The summed E-state index contributed by atoms with van der Waals surface area (Å²) >= 11 is 0. The van der Waals surface area contributed by atoms with Gasteiger partial charge in [-0.25, -0.2) is 4.98 Å². The maximum absolute atomic E-state index is 6.03. The monoisotopic (exact) mass is 337 g/mol. The number of aromatic nitrogens is 4. The van der Waals surface area contributed by atoms with E-state index < -0.39 is 0 Å². The Balaban J connectivity index is 1.52. The third kappa shape index (κ3) is 3.23. The second-order valence-electron chi connectivity index (χ2n) is 6.20. The second-order valence-corrected chi connectivity index (χ2v) is 6.20. The van der Waals surface area contributed by atoms with E-state index in [-0.39, 0.29) is 12.1 Å². The number of hydrogen-bond donors (Lipinski definition) is 1. The molecule has 2 atom stereocenters. The van der Waals surface area contributed by atoms with E-state index in [1.165, 1.54) is 5.69 Å². The molecule has 1 aliphatic heterocycles. The number of para-hydroxylation sites is 1. The van der Waals surface area contributed by atoms with Gasteiger partial charge in [0.2, 0.25) is 0 Å². The number of rotatable bonds is 6. The molecule has 0 amide bonds. The van der Waals surface area contributed by atoms with Crippen molar-refractivity contribution in [1.29, 1.82) is 0 Å². The molecular weight excluding hydrogens is 314 g/mol. The first-order valence-electron chi connectivity index (χ1n) is 8.81. The lowest BCUT2D eigenvalue weighted by atomic mass is 10.1. The molecule has 3 aromatic rings. The van der Waals surface area contributed by atoms with Crippen LogP contribution in [-0.4, -0.2) is 32.0 Å². The molecule has 6 nitrogen and oxygen atoms in total. The molecule has 1 N–H and O–H groups in total. The molecule has 4 rings (SSSR count). The lowest BCUT2D eigenvalue weighted by molar-refractivity contribution is 0.0902. The molecule has 6 heteroatoms. The van der Waals surface area contributed by atoms with Crippen molar-refractivity contribution in [2.75, 3.05) is 6.61 Å². The van der Waals surface area contributed by atoms with Crippen molar-refractivity contribution in [1.82, 2.24) is 24.6 Å². The Hall–Kier alpha value is -2.44. The van der Waals surface area contributed by atoms with Crippen LogP contribution in [0.3, 0.4) is 0 Å². The van der Waals surface area contributed by atoms with Crippen LogP contribution in [0.25, 0.3) is 5.69 Å². The molecule has 1 saturated heterocycles. The molecule has 0 unspecified atom stereocenters. The molecule has 0 radical (unpaired) electrons. The summed E-state index contributed by atoms with van der Waals surface area (Å²) in [6, 6.07) is 12.6. The van der Waals surface area contributed by atoms with Crippen molar-refractivity contribution >= 4 is 0 Å². The third-order valence-corrected chi connectivity index (χ3v) is 4.70. The van der Waals surface area contributed by atoms with Crippen molar-refractivity contribution < 1.29 is 4.74 Å². The van der Waals surface area contributed by atoms with Crippen LogP contribution in [0.1, 0.15) is 31.0 Å². The van der Waals surface area contributed by atoms with Gasteiger partial charge in [0.05, 0.1) is 5.69 Å². The van der Waals surface area contributed by atoms with Crippen molar-refractivity contribution in [2.24, 2.45) is 0 Å². The highest BCUT2D eigenvalue weighted by atomic mass is 16.5. The largest absolute Gasteiger partial charge is 0.369 e. The second kappa shape index (κ2) is 7.21. The highest BCUT2D eigenvalue weighted by Crippen LogP contribution is 2.29. The van der Waals surface area contributed by atoms with Gasteiger partial charge < -0.3 is 14.6 Å². The third-order valence-electron chi connectivity index (χ3n) is 4.70. The zero-order valence-electron chi connectivity index (χ0n) is 14.4. The Bertz CT molecular complexity index is 810. The Morgan fingerprint density at radius 2 is 2.08 bits per heavy atom. The van der Waals surface area contributed by atoms with Gasteiger partial charge in [0.15, 0.2) is 0 Å². The highest BCUT2D eigenvalue weighted by Gasteiger charge is 2.32. The summed E-state index contributed by atoms with van der Waals surface area (Å²) in [4.78, 5) is 4.58. The summed E-state index contributed by atoms with van der Waals surface area (Å²) in [5, 5.41) is 7.97. The molecule has 3 heterocycles. The fraction of sp³-hybridized carbons (Fsp3) is 0.368. The normalized spacial score (nSPS) is 20.2. The van der Waals surface area contributed by atoms with Gasteiger partial charge in [-0.1, -0.05) is 18.2 Å². The van der Waals surface area contributed by atoms with Crippen molar-refractivity contribution in [3.05, 3.63) is 66.5 Å². The molecule has 1 aromatic carbocycles. The van der Waals surface area contributed by atoms with E-state index in [4.69, 9.17) is 4.74 Å². The van der Waals surface area contributed by atoms with Crippen LogP contribution in [0.15, 0.2) is 55.0 Å². The average molecular weight is 337 g/mol. The number of hydrogen-bond acceptors (Lipinski definition) is 4. The molecule has 25 heavy (non-hydrogen) atoms. The van der Waals surface area contributed by atoms with E-state index >= 15 is 0 Å². The van der Waals surface area contributed by atoms with E-state index in [0.717, 1.165) is 37.6 Å². The fourth-order valence-corrected chi connectivity index (χ4v) is 3.42. The minimum Gasteiger partial charge on any atom is -0.369 e. The average Bonchev–Trinajstić information content (AvgIpc) is 3.39. The predicted octanol–water partition coefficient (Wildman–Crippen LogP) is 2.71. The SMILES string of the molecule is CCn1nccc1CN[C@H]1CCO[C@@H]1c1nccn1-c1ccccc1. The van der Waals surface area contributed by atoms with Crippen LogP contribution in [0, 0.1) is 0 Å². The lowest BCUT2D eigenvalue weighted by Gasteiger charge is -2.21. The molecule has 0 saturated carbocycles. The predicted molar refractivity (Wildman–Crippen MR) is 95.4 cm³/mol. The Labute approximate surface area is 147 Å². The summed E-state index contributed by atoms with van der Waals surface area (Å²) in [6.07, 6.45) is 6.62. The molecular formula is C19H23N5O. The Morgan fingerprint density at radius 1 is 1.20 bits per heavy atom. The highest BCUT2D eigenvalue weighted by molar-refractivity contribution is 5.33.